The molecule has 9 aromatic rings. The van der Waals surface area contributed by atoms with Gasteiger partial charge in [-0.1, -0.05) is 218 Å². The Bertz CT molecular complexity index is 4040. The van der Waals surface area contributed by atoms with E-state index in [1.807, 2.05) is 224 Å². The van der Waals surface area contributed by atoms with Crippen molar-refractivity contribution in [1.29, 1.82) is 0 Å². The summed E-state index contributed by atoms with van der Waals surface area (Å²) in [4.78, 5) is 30.2. The summed E-state index contributed by atoms with van der Waals surface area (Å²) in [6, 6.07) is 82.0. The Balaban J connectivity index is 0.885. The smallest absolute Gasteiger partial charge is 0.195 e. The molecule has 0 atom stereocenters. The molecule has 12 rings (SSSR count). The van der Waals surface area contributed by atoms with Gasteiger partial charge in [-0.2, -0.15) is 0 Å². The second-order valence-electron chi connectivity index (χ2n) is 18.9. The minimum absolute atomic E-state index is 0.0150. The molecule has 0 fully saturated rings. The van der Waals surface area contributed by atoms with Crippen molar-refractivity contribution in [1.82, 2.24) is 0 Å². The Morgan fingerprint density at radius 1 is 0.273 bits per heavy atom. The molecular formula is C74H48O3. The summed E-state index contributed by atoms with van der Waals surface area (Å²) in [5, 5.41) is 0. The van der Waals surface area contributed by atoms with Crippen LogP contribution in [0.25, 0.3) is 39.0 Å². The number of rotatable bonds is 10. The molecule has 0 spiro atoms. The van der Waals surface area contributed by atoms with Crippen LogP contribution in [0.15, 0.2) is 278 Å². The molecule has 0 heterocycles. The van der Waals surface area contributed by atoms with Crippen LogP contribution in [-0.4, -0.2) is 11.6 Å². The third-order valence-electron chi connectivity index (χ3n) is 14.0. The third-order valence-corrected chi connectivity index (χ3v) is 14.0. The van der Waals surface area contributed by atoms with Gasteiger partial charge in [0.15, 0.2) is 11.6 Å². The van der Waals surface area contributed by atoms with Crippen LogP contribution in [-0.2, 0) is 9.59 Å². The molecule has 0 unspecified atom stereocenters. The zero-order valence-corrected chi connectivity index (χ0v) is 42.0. The number of allylic oxidation sites excluding steroid dienone is 12. The van der Waals surface area contributed by atoms with Crippen molar-refractivity contribution >= 4 is 50.6 Å². The van der Waals surface area contributed by atoms with Crippen molar-refractivity contribution in [2.45, 2.75) is 12.8 Å². The van der Waals surface area contributed by atoms with Crippen LogP contribution in [0, 0.1) is 23.7 Å². The van der Waals surface area contributed by atoms with Gasteiger partial charge in [-0.25, -0.2) is 0 Å². The molecule has 362 valence electrons. The van der Waals surface area contributed by atoms with Crippen molar-refractivity contribution in [3.63, 3.8) is 0 Å². The van der Waals surface area contributed by atoms with Crippen molar-refractivity contribution < 1.29 is 14.3 Å². The highest BCUT2D eigenvalue weighted by atomic mass is 16.5. The number of ketones is 2. The summed E-state index contributed by atoms with van der Waals surface area (Å²) in [5.74, 6) is 14.3. The van der Waals surface area contributed by atoms with Crippen molar-refractivity contribution in [2.24, 2.45) is 0 Å². The number of ether oxygens (including phenoxy) is 1. The predicted octanol–water partition coefficient (Wildman–Crippen LogP) is 16.6. The number of hydrogen-bond acceptors (Lipinski definition) is 3. The van der Waals surface area contributed by atoms with Gasteiger partial charge in [0.25, 0.3) is 0 Å². The highest BCUT2D eigenvalue weighted by Gasteiger charge is 2.37. The Kier molecular flexibility index (Phi) is 13.4. The molecule has 77 heavy (non-hydrogen) atoms. The lowest BCUT2D eigenvalue weighted by molar-refractivity contribution is -0.109. The fraction of sp³-hybridized carbons (Fsp3) is 0.0270. The van der Waals surface area contributed by atoms with Gasteiger partial charge in [0, 0.05) is 66.8 Å². The molecule has 0 saturated heterocycles. The van der Waals surface area contributed by atoms with E-state index in [0.29, 0.717) is 33.8 Å². The number of benzene rings is 9. The fourth-order valence-corrected chi connectivity index (χ4v) is 10.4. The van der Waals surface area contributed by atoms with Crippen LogP contribution in [0.4, 0.5) is 0 Å². The predicted molar refractivity (Wildman–Crippen MR) is 314 cm³/mol. The first-order valence-electron chi connectivity index (χ1n) is 25.9. The highest BCUT2D eigenvalue weighted by molar-refractivity contribution is 6.59. The summed E-state index contributed by atoms with van der Waals surface area (Å²) in [6.07, 6.45) is 8.43. The molecule has 0 amide bonds. The summed E-state index contributed by atoms with van der Waals surface area (Å²) >= 11 is 0. The van der Waals surface area contributed by atoms with Crippen molar-refractivity contribution in [3.05, 3.63) is 339 Å². The fourth-order valence-electron chi connectivity index (χ4n) is 10.4. The van der Waals surface area contributed by atoms with Crippen molar-refractivity contribution in [2.75, 3.05) is 0 Å². The maximum absolute atomic E-state index is 15.1. The molecule has 0 saturated carbocycles. The minimum Gasteiger partial charge on any atom is -0.457 e. The minimum atomic E-state index is -0.0358. The first-order chi connectivity index (χ1) is 38.0. The van der Waals surface area contributed by atoms with E-state index in [2.05, 4.69) is 66.2 Å². The Morgan fingerprint density at radius 2 is 0.558 bits per heavy atom. The third kappa shape index (κ3) is 9.94. The average molecular weight is 985 g/mol. The summed E-state index contributed by atoms with van der Waals surface area (Å²) in [7, 11) is 0. The van der Waals surface area contributed by atoms with Gasteiger partial charge >= 0.3 is 0 Å². The molecule has 0 bridgehead atoms. The Morgan fingerprint density at radius 3 is 0.922 bits per heavy atom. The molecule has 0 aliphatic heterocycles. The van der Waals surface area contributed by atoms with Gasteiger partial charge in [0.1, 0.15) is 11.5 Å². The molecule has 0 aromatic heterocycles. The van der Waals surface area contributed by atoms with Gasteiger partial charge in [-0.15, -0.1) is 0 Å². The van der Waals surface area contributed by atoms with E-state index in [1.54, 1.807) is 0 Å². The lowest BCUT2D eigenvalue weighted by atomic mass is 9.87. The first-order valence-corrected chi connectivity index (χ1v) is 25.9. The first kappa shape index (κ1) is 47.7. The van der Waals surface area contributed by atoms with Crippen LogP contribution >= 0.6 is 0 Å². The van der Waals surface area contributed by atoms with E-state index in [9.17, 15) is 0 Å². The Labute approximate surface area is 449 Å². The summed E-state index contributed by atoms with van der Waals surface area (Å²) in [6.45, 7) is 0. The highest BCUT2D eigenvalue weighted by Crippen LogP contribution is 2.51. The van der Waals surface area contributed by atoms with Gasteiger partial charge in [0.2, 0.25) is 0 Å². The molecular weight excluding hydrogens is 937 g/mol. The summed E-state index contributed by atoms with van der Waals surface area (Å²) < 4.78 is 6.60. The maximum Gasteiger partial charge on any atom is 0.195 e. The van der Waals surface area contributed by atoms with Crippen LogP contribution < -0.4 is 4.74 Å². The SMILES string of the molecule is O=C1C(c2ccc(C#Cc3ccccc3)cc2)=C(C2=CCCC=C2)C(c2ccc(Oc3ccc(C4=C(c5ccccc5)C(=O)C(c5ccc(C#Cc6ccccc6)cc5)=C4c4ccccc4)cc3)cc2)=C1c1ccccc1. The monoisotopic (exact) mass is 984 g/mol. The zero-order valence-electron chi connectivity index (χ0n) is 42.0. The van der Waals surface area contributed by atoms with Crippen LogP contribution in [0.5, 0.6) is 11.5 Å². The lowest BCUT2D eigenvalue weighted by Crippen LogP contribution is -2.02. The number of carbonyl (C=O) groups excluding carboxylic acids is 2. The quantitative estimate of drug-likeness (QED) is 0.128. The standard InChI is InChI=1S/C74H48O3/c75-73-69(57-27-15-5-16-28-57)67(65(55-23-11-3-12-24-55)71(73)61-39-35-53(36-40-61)33-31-51-19-7-1-8-20-51)59-43-47-63(48-44-59)77-64-49-45-60(46-50-64)68-66(56-25-13-4-14-26-56)72(74(76)70(68)58-29-17-6-18-30-58)62-41-37-54(38-42-62)34-32-52-21-9-2-10-22-52/h1-3,5-13,15-30,35-50H,4,14H2. The normalized spacial score (nSPS) is 14.1. The second-order valence-corrected chi connectivity index (χ2v) is 18.9. The number of Topliss-reactive ketones (excluding diaryl/α,β-unsaturated/α-hetero) is 2. The van der Waals surface area contributed by atoms with E-state index < -0.39 is 0 Å². The van der Waals surface area contributed by atoms with E-state index in [4.69, 9.17) is 4.74 Å². The largest absolute Gasteiger partial charge is 0.457 e. The molecule has 0 radical (unpaired) electrons. The molecule has 3 aliphatic carbocycles. The zero-order chi connectivity index (χ0) is 51.9. The van der Waals surface area contributed by atoms with Gasteiger partial charge in [-0.05, 0) is 130 Å². The number of hydrogen-bond donors (Lipinski definition) is 0. The Hall–Kier alpha value is -10.3. The van der Waals surface area contributed by atoms with Crippen LogP contribution in [0.1, 0.15) is 74.0 Å². The molecule has 0 N–H and O–H groups in total. The van der Waals surface area contributed by atoms with Crippen molar-refractivity contribution in [3.8, 4) is 35.2 Å². The van der Waals surface area contributed by atoms with Gasteiger partial charge in [0.05, 0.1) is 0 Å². The van der Waals surface area contributed by atoms with Gasteiger partial charge in [-0.3, -0.25) is 9.59 Å². The molecule has 3 aliphatic rings. The van der Waals surface area contributed by atoms with Crippen LogP contribution in [0.3, 0.4) is 0 Å². The molecule has 9 aromatic carbocycles. The van der Waals surface area contributed by atoms with Gasteiger partial charge < -0.3 is 4.74 Å². The molecule has 3 nitrogen and oxygen atoms in total. The number of carbonyl (C=O) groups is 2. The summed E-state index contributed by atoms with van der Waals surface area (Å²) in [5.41, 5.74) is 17.0. The van der Waals surface area contributed by atoms with E-state index in [-0.39, 0.29) is 11.6 Å². The maximum atomic E-state index is 15.1. The second kappa shape index (κ2) is 21.6. The molecule has 3 heteroatoms. The topological polar surface area (TPSA) is 43.4 Å². The lowest BCUT2D eigenvalue weighted by Gasteiger charge is -2.17. The van der Waals surface area contributed by atoms with E-state index in [1.165, 1.54) is 0 Å². The van der Waals surface area contributed by atoms with E-state index in [0.717, 1.165) is 102 Å². The van der Waals surface area contributed by atoms with E-state index >= 15 is 9.59 Å². The van der Waals surface area contributed by atoms with Crippen LogP contribution in [0.2, 0.25) is 0 Å². The average Bonchev–Trinajstić information content (AvgIpc) is 4.00.